The van der Waals surface area contributed by atoms with Gasteiger partial charge in [-0.2, -0.15) is 0 Å². The Morgan fingerprint density at radius 1 is 0.968 bits per heavy atom. The van der Waals surface area contributed by atoms with Crippen molar-refractivity contribution in [2.45, 2.75) is 53.9 Å². The van der Waals surface area contributed by atoms with Crippen LogP contribution in [0.25, 0.3) is 0 Å². The van der Waals surface area contributed by atoms with Crippen molar-refractivity contribution in [3.8, 4) is 5.75 Å². The smallest absolute Gasteiger partial charge is 0.225 e. The van der Waals surface area contributed by atoms with Gasteiger partial charge in [0, 0.05) is 28.2 Å². The molecule has 1 aliphatic carbocycles. The largest absolute Gasteiger partial charge is 0.490 e. The molecule has 160 valence electrons. The summed E-state index contributed by atoms with van der Waals surface area (Å²) in [5.74, 6) is 0.378. The molecule has 0 radical (unpaired) electrons. The molecule has 5 rings (SSSR count). The second-order valence-electron chi connectivity index (χ2n) is 8.02. The topological polar surface area (TPSA) is 72.5 Å². The highest BCUT2D eigenvalue weighted by Crippen LogP contribution is 2.47. The fourth-order valence-corrected chi connectivity index (χ4v) is 7.36. The Morgan fingerprint density at radius 3 is 2.45 bits per heavy atom. The monoisotopic (exact) mass is 453 g/mol. The molecule has 3 aromatic rings. The lowest BCUT2D eigenvalue weighted by atomic mass is 9.90. The van der Waals surface area contributed by atoms with E-state index in [9.17, 15) is 13.2 Å². The molecular formula is C24H23NO4S2. The van der Waals surface area contributed by atoms with Gasteiger partial charge in [-0.3, -0.25) is 4.79 Å². The van der Waals surface area contributed by atoms with Gasteiger partial charge in [0.25, 0.3) is 0 Å². The van der Waals surface area contributed by atoms with Gasteiger partial charge in [0.2, 0.25) is 15.7 Å². The summed E-state index contributed by atoms with van der Waals surface area (Å²) in [6.45, 7) is 0. The van der Waals surface area contributed by atoms with Gasteiger partial charge in [-0.05, 0) is 43.9 Å². The van der Waals surface area contributed by atoms with E-state index in [0.717, 1.165) is 29.0 Å². The Balaban J connectivity index is 1.56. The van der Waals surface area contributed by atoms with Crippen LogP contribution >= 0.6 is 11.3 Å². The van der Waals surface area contributed by atoms with E-state index in [1.165, 1.54) is 24.2 Å². The van der Waals surface area contributed by atoms with Gasteiger partial charge in [-0.1, -0.05) is 36.4 Å². The zero-order valence-corrected chi connectivity index (χ0v) is 18.5. The van der Waals surface area contributed by atoms with Crippen molar-refractivity contribution in [1.29, 1.82) is 0 Å². The first kappa shape index (κ1) is 20.3. The average Bonchev–Trinajstić information content (AvgIpc) is 3.44. The van der Waals surface area contributed by atoms with Gasteiger partial charge >= 0.3 is 0 Å². The van der Waals surface area contributed by atoms with Crippen LogP contribution in [-0.4, -0.2) is 20.4 Å². The fourth-order valence-electron chi connectivity index (χ4n) is 4.44. The molecule has 5 nitrogen and oxygen atoms in total. The van der Waals surface area contributed by atoms with Gasteiger partial charge in [-0.15, -0.1) is 11.3 Å². The molecule has 2 aliphatic rings. The van der Waals surface area contributed by atoms with Crippen molar-refractivity contribution in [3.63, 3.8) is 0 Å². The summed E-state index contributed by atoms with van der Waals surface area (Å²) in [7, 11) is -3.73. The van der Waals surface area contributed by atoms with Gasteiger partial charge in [0.15, 0.2) is 0 Å². The van der Waals surface area contributed by atoms with Crippen molar-refractivity contribution in [2.75, 3.05) is 5.32 Å². The number of ether oxygens (including phenoxy) is 1. The van der Waals surface area contributed by atoms with Crippen molar-refractivity contribution < 1.29 is 17.9 Å². The molecule has 1 aromatic heterocycles. The molecule has 1 saturated carbocycles. The van der Waals surface area contributed by atoms with Crippen molar-refractivity contribution in [1.82, 2.24) is 0 Å². The summed E-state index contributed by atoms with van der Waals surface area (Å²) in [6.07, 6.45) is 4.91. The number of carbonyl (C=O) groups excluding carboxylic acids is 1. The number of fused-ring (bicyclic) bond motifs is 1. The van der Waals surface area contributed by atoms with Crippen LogP contribution in [0.1, 0.15) is 48.5 Å². The minimum atomic E-state index is -3.73. The first-order valence-electron chi connectivity index (χ1n) is 10.5. The molecule has 0 saturated heterocycles. The molecule has 0 bridgehead atoms. The van der Waals surface area contributed by atoms with Crippen LogP contribution in [0.2, 0.25) is 0 Å². The SMILES string of the molecule is O=C1C[C@H](c2ccccc2OC2CCCC2)c2scc(S(=O)(=O)c3ccccc3)c2N1. The first-order chi connectivity index (χ1) is 15.0. The highest BCUT2D eigenvalue weighted by molar-refractivity contribution is 7.91. The predicted octanol–water partition coefficient (Wildman–Crippen LogP) is 5.38. The zero-order valence-electron chi connectivity index (χ0n) is 16.9. The summed E-state index contributed by atoms with van der Waals surface area (Å²) in [4.78, 5) is 13.9. The lowest BCUT2D eigenvalue weighted by molar-refractivity contribution is -0.116. The van der Waals surface area contributed by atoms with E-state index < -0.39 is 9.84 Å². The number of benzene rings is 2. The van der Waals surface area contributed by atoms with Crippen molar-refractivity contribution in [3.05, 3.63) is 70.4 Å². The summed E-state index contributed by atoms with van der Waals surface area (Å²) < 4.78 is 32.8. The van der Waals surface area contributed by atoms with E-state index in [-0.39, 0.29) is 34.1 Å². The molecule has 1 aliphatic heterocycles. The van der Waals surface area contributed by atoms with Crippen LogP contribution in [0.5, 0.6) is 5.75 Å². The summed E-state index contributed by atoms with van der Waals surface area (Å²) >= 11 is 1.38. The highest BCUT2D eigenvalue weighted by atomic mass is 32.2. The maximum absolute atomic E-state index is 13.2. The number of nitrogens with one attached hydrogen (secondary N) is 1. The van der Waals surface area contributed by atoms with Crippen LogP contribution in [-0.2, 0) is 14.6 Å². The quantitative estimate of drug-likeness (QED) is 0.563. The Hall–Kier alpha value is -2.64. The van der Waals surface area contributed by atoms with E-state index >= 15 is 0 Å². The van der Waals surface area contributed by atoms with Crippen LogP contribution in [0.15, 0.2) is 69.8 Å². The number of para-hydroxylation sites is 1. The zero-order chi connectivity index (χ0) is 21.4. The van der Waals surface area contributed by atoms with Crippen LogP contribution in [0.3, 0.4) is 0 Å². The highest BCUT2D eigenvalue weighted by Gasteiger charge is 2.35. The lowest BCUT2D eigenvalue weighted by Gasteiger charge is -2.26. The maximum Gasteiger partial charge on any atom is 0.225 e. The summed E-state index contributed by atoms with van der Waals surface area (Å²) in [5.41, 5.74) is 1.35. The Kier molecular flexibility index (Phi) is 5.32. The minimum absolute atomic E-state index is 0.158. The Morgan fingerprint density at radius 2 is 1.68 bits per heavy atom. The number of carbonyl (C=O) groups is 1. The Labute approximate surface area is 186 Å². The minimum Gasteiger partial charge on any atom is -0.490 e. The second-order valence-corrected chi connectivity index (χ2v) is 10.9. The number of hydrogen-bond acceptors (Lipinski definition) is 5. The first-order valence-corrected chi connectivity index (χ1v) is 12.9. The molecule has 7 heteroatoms. The van der Waals surface area contributed by atoms with Crippen LogP contribution in [0.4, 0.5) is 5.69 Å². The third kappa shape index (κ3) is 3.77. The predicted molar refractivity (Wildman–Crippen MR) is 121 cm³/mol. The van der Waals surface area contributed by atoms with E-state index in [0.29, 0.717) is 5.69 Å². The summed E-state index contributed by atoms with van der Waals surface area (Å²) in [5, 5.41) is 4.47. The van der Waals surface area contributed by atoms with Gasteiger partial charge < -0.3 is 10.1 Å². The van der Waals surface area contributed by atoms with Gasteiger partial charge in [0.1, 0.15) is 10.6 Å². The number of thiophene rings is 1. The second kappa shape index (κ2) is 8.13. The standard InChI is InChI=1S/C24H23NO4S2/c26-22-14-19(18-12-6-7-13-20(18)29-16-8-4-5-9-16)24-23(25-22)21(15-30-24)31(27,28)17-10-2-1-3-11-17/h1-3,6-7,10-13,15-16,19H,4-5,8-9,14H2,(H,25,26)/t19-/m1/s1. The fraction of sp³-hybridized carbons (Fsp3) is 0.292. The number of amides is 1. The van der Waals surface area contributed by atoms with E-state index in [4.69, 9.17) is 4.74 Å². The average molecular weight is 454 g/mol. The van der Waals surface area contributed by atoms with Crippen molar-refractivity contribution in [2.24, 2.45) is 0 Å². The Bertz CT molecular complexity index is 1210. The molecule has 0 spiro atoms. The molecule has 31 heavy (non-hydrogen) atoms. The molecule has 1 amide bonds. The molecule has 2 heterocycles. The molecule has 2 aromatic carbocycles. The summed E-state index contributed by atoms with van der Waals surface area (Å²) in [6, 6.07) is 16.2. The van der Waals surface area contributed by atoms with E-state index in [1.807, 2.05) is 24.3 Å². The normalized spacial score (nSPS) is 19.1. The van der Waals surface area contributed by atoms with Crippen LogP contribution in [0, 0.1) is 0 Å². The maximum atomic E-state index is 13.2. The molecule has 1 fully saturated rings. The van der Waals surface area contributed by atoms with Crippen LogP contribution < -0.4 is 10.1 Å². The molecular weight excluding hydrogens is 430 g/mol. The number of rotatable bonds is 5. The molecule has 1 N–H and O–H groups in total. The molecule has 0 unspecified atom stereocenters. The van der Waals surface area contributed by atoms with Gasteiger partial charge in [-0.25, -0.2) is 8.42 Å². The number of hydrogen-bond donors (Lipinski definition) is 1. The van der Waals surface area contributed by atoms with E-state index in [1.54, 1.807) is 35.7 Å². The van der Waals surface area contributed by atoms with Crippen molar-refractivity contribution >= 4 is 32.8 Å². The lowest BCUT2D eigenvalue weighted by Crippen LogP contribution is -2.24. The molecule has 1 atom stereocenters. The number of anilines is 1. The van der Waals surface area contributed by atoms with E-state index in [2.05, 4.69) is 5.32 Å². The van der Waals surface area contributed by atoms with Gasteiger partial charge in [0.05, 0.1) is 16.7 Å². The third-order valence-electron chi connectivity index (χ3n) is 5.99. The number of sulfone groups is 1. The third-order valence-corrected chi connectivity index (χ3v) is 9.03.